The van der Waals surface area contributed by atoms with Crippen molar-refractivity contribution in [1.82, 2.24) is 9.97 Å². The number of hydrogen-bond acceptors (Lipinski definition) is 8. The van der Waals surface area contributed by atoms with E-state index in [0.717, 1.165) is 11.1 Å². The van der Waals surface area contributed by atoms with E-state index in [1.165, 1.54) is 0 Å². The number of halogens is 1. The van der Waals surface area contributed by atoms with E-state index in [1.54, 1.807) is 12.3 Å². The molecule has 0 saturated carbocycles. The highest BCUT2D eigenvalue weighted by molar-refractivity contribution is 6.65. The summed E-state index contributed by atoms with van der Waals surface area (Å²) in [6, 6.07) is 5.78. The van der Waals surface area contributed by atoms with E-state index in [1.807, 2.05) is 13.0 Å². The molecule has 10 heteroatoms. The van der Waals surface area contributed by atoms with Gasteiger partial charge in [0.2, 0.25) is 5.95 Å². The fourth-order valence-electron chi connectivity index (χ4n) is 3.38. The Kier molecular flexibility index (Phi) is 5.37. The molecular formula is C18H19BClN5O3. The third-order valence-electron chi connectivity index (χ3n) is 4.93. The van der Waals surface area contributed by atoms with Gasteiger partial charge < -0.3 is 25.0 Å². The van der Waals surface area contributed by atoms with Crippen molar-refractivity contribution in [3.05, 3.63) is 34.5 Å². The van der Waals surface area contributed by atoms with E-state index in [2.05, 4.69) is 26.7 Å². The van der Waals surface area contributed by atoms with E-state index in [-0.39, 0.29) is 12.0 Å². The summed E-state index contributed by atoms with van der Waals surface area (Å²) in [6.07, 6.45) is 2.41. The van der Waals surface area contributed by atoms with Crippen molar-refractivity contribution in [2.24, 2.45) is 5.92 Å². The van der Waals surface area contributed by atoms with Crippen LogP contribution in [0.4, 0.5) is 17.5 Å². The second kappa shape index (κ2) is 7.93. The average Bonchev–Trinajstić information content (AvgIpc) is 3.06. The zero-order valence-corrected chi connectivity index (χ0v) is 16.0. The molecule has 0 spiro atoms. The Hall–Kier alpha value is -2.38. The summed E-state index contributed by atoms with van der Waals surface area (Å²) in [6.45, 7) is 3.27. The van der Waals surface area contributed by atoms with Crippen LogP contribution in [0.3, 0.4) is 0 Å². The Morgan fingerprint density at radius 1 is 1.43 bits per heavy atom. The third kappa shape index (κ3) is 3.77. The van der Waals surface area contributed by atoms with Gasteiger partial charge in [-0.05, 0) is 31.0 Å². The smallest absolute Gasteiger partial charge is 0.423 e. The van der Waals surface area contributed by atoms with Crippen LogP contribution < -0.4 is 16.1 Å². The number of anilines is 3. The van der Waals surface area contributed by atoms with Gasteiger partial charge in [0.25, 0.3) is 0 Å². The molecule has 1 aromatic carbocycles. The molecule has 1 fully saturated rings. The first-order valence-corrected chi connectivity index (χ1v) is 9.39. The quantitative estimate of drug-likeness (QED) is 0.667. The Morgan fingerprint density at radius 3 is 3.11 bits per heavy atom. The molecule has 28 heavy (non-hydrogen) atoms. The zero-order chi connectivity index (χ0) is 19.7. The van der Waals surface area contributed by atoms with E-state index >= 15 is 0 Å². The minimum absolute atomic E-state index is 0.117. The summed E-state index contributed by atoms with van der Waals surface area (Å²) in [4.78, 5) is 8.87. The lowest BCUT2D eigenvalue weighted by Crippen LogP contribution is -2.38. The normalized spacial score (nSPS) is 21.1. The molecule has 2 aliphatic heterocycles. The Labute approximate surface area is 168 Å². The molecule has 0 bridgehead atoms. The largest absolute Gasteiger partial charge is 0.493 e. The van der Waals surface area contributed by atoms with Gasteiger partial charge in [-0.3, -0.25) is 0 Å². The first-order valence-electron chi connectivity index (χ1n) is 9.01. The number of ether oxygens (including phenoxy) is 1. The highest BCUT2D eigenvalue weighted by atomic mass is 35.5. The molecular weight excluding hydrogens is 380 g/mol. The van der Waals surface area contributed by atoms with Gasteiger partial charge in [-0.25, -0.2) is 4.98 Å². The van der Waals surface area contributed by atoms with Crippen LogP contribution in [-0.2, 0) is 16.0 Å². The molecule has 144 valence electrons. The fourth-order valence-corrected chi connectivity index (χ4v) is 3.72. The predicted molar refractivity (Wildman–Crippen MR) is 106 cm³/mol. The Balaban J connectivity index is 1.55. The number of hydrogen-bond donors (Lipinski definition) is 3. The molecule has 2 atom stereocenters. The number of nitriles is 1. The van der Waals surface area contributed by atoms with Gasteiger partial charge in [0.15, 0.2) is 0 Å². The number of rotatable bonds is 4. The molecule has 3 heterocycles. The summed E-state index contributed by atoms with van der Waals surface area (Å²) in [7, 11) is -0.992. The van der Waals surface area contributed by atoms with Crippen molar-refractivity contribution in [2.45, 2.75) is 26.0 Å². The zero-order valence-electron chi connectivity index (χ0n) is 15.3. The predicted octanol–water partition coefficient (Wildman–Crippen LogP) is 1.74. The molecule has 1 aromatic heterocycles. The maximum absolute atomic E-state index is 9.81. The maximum atomic E-state index is 9.81. The van der Waals surface area contributed by atoms with E-state index < -0.39 is 7.12 Å². The molecule has 0 radical (unpaired) electrons. The van der Waals surface area contributed by atoms with Gasteiger partial charge in [0, 0.05) is 34.5 Å². The van der Waals surface area contributed by atoms with Crippen molar-refractivity contribution in [2.75, 3.05) is 23.8 Å². The fraction of sp³-hybridized carbons (Fsp3) is 0.389. The van der Waals surface area contributed by atoms with Gasteiger partial charge in [-0.2, -0.15) is 10.2 Å². The van der Waals surface area contributed by atoms with Gasteiger partial charge in [0.05, 0.1) is 31.2 Å². The summed E-state index contributed by atoms with van der Waals surface area (Å²) >= 11 is 6.28. The third-order valence-corrected chi connectivity index (χ3v) is 5.24. The topological polar surface area (TPSA) is 112 Å². The molecule has 2 aromatic rings. The Morgan fingerprint density at radius 2 is 2.29 bits per heavy atom. The van der Waals surface area contributed by atoms with Crippen molar-refractivity contribution in [3.63, 3.8) is 0 Å². The monoisotopic (exact) mass is 399 g/mol. The minimum Gasteiger partial charge on any atom is -0.423 e. The van der Waals surface area contributed by atoms with Crippen LogP contribution in [0.25, 0.3) is 0 Å². The van der Waals surface area contributed by atoms with Crippen molar-refractivity contribution >= 4 is 41.6 Å². The maximum Gasteiger partial charge on any atom is 0.493 e. The lowest BCUT2D eigenvalue weighted by atomic mass is 9.79. The second-order valence-electron chi connectivity index (χ2n) is 6.89. The van der Waals surface area contributed by atoms with Crippen LogP contribution in [0.15, 0.2) is 18.3 Å². The average molecular weight is 400 g/mol. The van der Waals surface area contributed by atoms with E-state index in [0.29, 0.717) is 54.2 Å². The highest BCUT2D eigenvalue weighted by Crippen LogP contribution is 2.26. The SMILES string of the molecule is Cc1cnc(Nc2cc(Cl)c3c(c2)COB3O)nc1NC1COCC[C@H]1C#N. The highest BCUT2D eigenvalue weighted by Gasteiger charge is 2.30. The number of nitrogens with zero attached hydrogens (tertiary/aromatic N) is 3. The molecule has 4 rings (SSSR count). The van der Waals surface area contributed by atoms with Gasteiger partial charge in [-0.15, -0.1) is 0 Å². The van der Waals surface area contributed by atoms with Crippen LogP contribution in [-0.4, -0.2) is 41.4 Å². The summed E-state index contributed by atoms with van der Waals surface area (Å²) in [5.74, 6) is 0.926. The van der Waals surface area contributed by atoms with Crippen molar-refractivity contribution < 1.29 is 14.4 Å². The molecule has 3 N–H and O–H groups in total. The van der Waals surface area contributed by atoms with E-state index in [9.17, 15) is 10.3 Å². The summed E-state index contributed by atoms with van der Waals surface area (Å²) in [5.41, 5.74) is 2.99. The molecule has 0 amide bonds. The van der Waals surface area contributed by atoms with Gasteiger partial charge in [-0.1, -0.05) is 11.6 Å². The lowest BCUT2D eigenvalue weighted by Gasteiger charge is -2.28. The lowest BCUT2D eigenvalue weighted by molar-refractivity contribution is 0.0698. The first-order chi connectivity index (χ1) is 13.5. The first kappa shape index (κ1) is 19.0. The molecule has 1 unspecified atom stereocenters. The number of benzene rings is 1. The summed E-state index contributed by atoms with van der Waals surface area (Å²) < 4.78 is 10.7. The molecule has 2 aliphatic rings. The van der Waals surface area contributed by atoms with Crippen LogP contribution in [0.5, 0.6) is 0 Å². The van der Waals surface area contributed by atoms with Crippen LogP contribution in [0.1, 0.15) is 17.5 Å². The number of aromatic nitrogens is 2. The Bertz CT molecular complexity index is 938. The molecule has 8 nitrogen and oxygen atoms in total. The van der Waals surface area contributed by atoms with Crippen LogP contribution in [0.2, 0.25) is 5.02 Å². The van der Waals surface area contributed by atoms with Gasteiger partial charge >= 0.3 is 7.12 Å². The number of aryl methyl sites for hydroxylation is 1. The summed E-state index contributed by atoms with van der Waals surface area (Å²) in [5, 5.41) is 26.0. The van der Waals surface area contributed by atoms with Gasteiger partial charge in [0.1, 0.15) is 5.82 Å². The second-order valence-corrected chi connectivity index (χ2v) is 7.30. The standard InChI is InChI=1S/C18H19BClN5O3/c1-10-7-22-18(25-17(10)24-15-9-27-3-2-11(15)6-21)23-13-4-12-8-28-19(26)16(12)14(20)5-13/h4-5,7,11,15,26H,2-3,8-9H2,1H3,(H2,22,23,24,25)/t11-,15?/m0/s1. The van der Waals surface area contributed by atoms with E-state index in [4.69, 9.17) is 21.0 Å². The van der Waals surface area contributed by atoms with Crippen LogP contribution >= 0.6 is 11.6 Å². The number of nitrogens with one attached hydrogen (secondary N) is 2. The number of fused-ring (bicyclic) bond motifs is 1. The van der Waals surface area contributed by atoms with Crippen molar-refractivity contribution in [3.8, 4) is 6.07 Å². The molecule has 0 aliphatic carbocycles. The van der Waals surface area contributed by atoms with Crippen molar-refractivity contribution in [1.29, 1.82) is 5.26 Å². The molecule has 1 saturated heterocycles. The van der Waals surface area contributed by atoms with Crippen LogP contribution in [0, 0.1) is 24.2 Å². The minimum atomic E-state index is -0.992.